The van der Waals surface area contributed by atoms with E-state index in [1.165, 1.54) is 11.1 Å². The van der Waals surface area contributed by atoms with E-state index < -0.39 is 0 Å². The van der Waals surface area contributed by atoms with Gasteiger partial charge in [-0.1, -0.05) is 29.8 Å². The Labute approximate surface area is 112 Å². The predicted octanol–water partition coefficient (Wildman–Crippen LogP) is 3.11. The fourth-order valence-electron chi connectivity index (χ4n) is 1.70. The minimum atomic E-state index is 0.0593. The molecule has 1 heterocycles. The van der Waals surface area contributed by atoms with Gasteiger partial charge in [0.25, 0.3) is 0 Å². The molecule has 1 unspecified atom stereocenters. The molecule has 0 radical (unpaired) electrons. The molecule has 0 bridgehead atoms. The molecule has 0 aliphatic rings. The molecule has 1 aromatic carbocycles. The van der Waals surface area contributed by atoms with E-state index in [9.17, 15) is 0 Å². The zero-order valence-corrected chi connectivity index (χ0v) is 11.9. The number of nitrogens with zero attached hydrogens (tertiary/aromatic N) is 2. The number of aromatic nitrogens is 1. The SMILES string of the molecule is Cc1ccc(CN(C)c2ncc(C(C)N)s2)cc1. The van der Waals surface area contributed by atoms with Crippen molar-refractivity contribution in [1.29, 1.82) is 0 Å². The summed E-state index contributed by atoms with van der Waals surface area (Å²) >= 11 is 1.66. The van der Waals surface area contributed by atoms with Gasteiger partial charge in [-0.25, -0.2) is 4.98 Å². The normalized spacial score (nSPS) is 12.4. The summed E-state index contributed by atoms with van der Waals surface area (Å²) in [4.78, 5) is 7.70. The molecule has 0 aliphatic heterocycles. The van der Waals surface area contributed by atoms with Gasteiger partial charge in [-0.3, -0.25) is 0 Å². The summed E-state index contributed by atoms with van der Waals surface area (Å²) in [7, 11) is 2.06. The van der Waals surface area contributed by atoms with Crippen LogP contribution in [-0.4, -0.2) is 12.0 Å². The van der Waals surface area contributed by atoms with Crippen LogP contribution in [0.5, 0.6) is 0 Å². The molecule has 0 spiro atoms. The van der Waals surface area contributed by atoms with E-state index in [-0.39, 0.29) is 6.04 Å². The second kappa shape index (κ2) is 5.50. The van der Waals surface area contributed by atoms with Crippen LogP contribution in [0.4, 0.5) is 5.13 Å². The Morgan fingerprint density at radius 2 is 2.00 bits per heavy atom. The highest BCUT2D eigenvalue weighted by molar-refractivity contribution is 7.15. The Kier molecular flexibility index (Phi) is 3.99. The summed E-state index contributed by atoms with van der Waals surface area (Å²) in [5.41, 5.74) is 8.43. The standard InChI is InChI=1S/C14H19N3S/c1-10-4-6-12(7-5-10)9-17(3)14-16-8-13(18-14)11(2)15/h4-8,11H,9,15H2,1-3H3. The topological polar surface area (TPSA) is 42.2 Å². The van der Waals surface area contributed by atoms with Gasteiger partial charge in [0.1, 0.15) is 0 Å². The minimum Gasteiger partial charge on any atom is -0.347 e. The summed E-state index contributed by atoms with van der Waals surface area (Å²) in [5.74, 6) is 0. The first-order chi connectivity index (χ1) is 8.56. The van der Waals surface area contributed by atoms with E-state index in [2.05, 4.69) is 48.1 Å². The van der Waals surface area contributed by atoms with Crippen LogP contribution in [0.2, 0.25) is 0 Å². The van der Waals surface area contributed by atoms with Crippen molar-refractivity contribution in [2.75, 3.05) is 11.9 Å². The van der Waals surface area contributed by atoms with E-state index >= 15 is 0 Å². The Morgan fingerprint density at radius 3 is 2.56 bits per heavy atom. The molecular weight excluding hydrogens is 242 g/mol. The molecule has 1 aromatic heterocycles. The third-order valence-corrected chi connectivity index (χ3v) is 4.14. The molecule has 2 rings (SSSR count). The number of hydrogen-bond donors (Lipinski definition) is 1. The molecule has 1 atom stereocenters. The van der Waals surface area contributed by atoms with Gasteiger partial charge in [0.05, 0.1) is 0 Å². The van der Waals surface area contributed by atoms with Crippen molar-refractivity contribution in [3.8, 4) is 0 Å². The molecule has 2 N–H and O–H groups in total. The molecule has 2 aromatic rings. The van der Waals surface area contributed by atoms with Gasteiger partial charge in [-0.2, -0.15) is 0 Å². The highest BCUT2D eigenvalue weighted by Gasteiger charge is 2.09. The van der Waals surface area contributed by atoms with Crippen molar-refractivity contribution in [3.63, 3.8) is 0 Å². The zero-order valence-electron chi connectivity index (χ0n) is 11.1. The van der Waals surface area contributed by atoms with E-state index in [4.69, 9.17) is 5.73 Å². The monoisotopic (exact) mass is 261 g/mol. The van der Waals surface area contributed by atoms with Crippen molar-refractivity contribution in [2.45, 2.75) is 26.4 Å². The Hall–Kier alpha value is -1.39. The van der Waals surface area contributed by atoms with Gasteiger partial charge in [-0.05, 0) is 19.4 Å². The summed E-state index contributed by atoms with van der Waals surface area (Å²) in [5, 5.41) is 1.02. The van der Waals surface area contributed by atoms with E-state index in [0.717, 1.165) is 16.6 Å². The molecule has 0 aliphatic carbocycles. The van der Waals surface area contributed by atoms with E-state index in [1.807, 2.05) is 13.1 Å². The quantitative estimate of drug-likeness (QED) is 0.919. The van der Waals surface area contributed by atoms with E-state index in [0.29, 0.717) is 0 Å². The number of benzene rings is 1. The molecule has 3 nitrogen and oxygen atoms in total. The molecular formula is C14H19N3S. The molecule has 4 heteroatoms. The average molecular weight is 261 g/mol. The van der Waals surface area contributed by atoms with Crippen molar-refractivity contribution in [3.05, 3.63) is 46.5 Å². The number of thiazole rings is 1. The molecule has 18 heavy (non-hydrogen) atoms. The van der Waals surface area contributed by atoms with Gasteiger partial charge >= 0.3 is 0 Å². The first-order valence-corrected chi connectivity index (χ1v) is 6.86. The van der Waals surface area contributed by atoms with Crippen LogP contribution in [0.15, 0.2) is 30.5 Å². The summed E-state index contributed by atoms with van der Waals surface area (Å²) < 4.78 is 0. The summed E-state index contributed by atoms with van der Waals surface area (Å²) in [6.45, 7) is 4.95. The molecule has 0 fully saturated rings. The maximum atomic E-state index is 5.85. The smallest absolute Gasteiger partial charge is 0.185 e. The lowest BCUT2D eigenvalue weighted by Gasteiger charge is -2.15. The largest absolute Gasteiger partial charge is 0.347 e. The van der Waals surface area contributed by atoms with Crippen LogP contribution in [0.1, 0.15) is 29.0 Å². The van der Waals surface area contributed by atoms with Crippen molar-refractivity contribution < 1.29 is 0 Å². The predicted molar refractivity (Wildman–Crippen MR) is 78.0 cm³/mol. The second-order valence-corrected chi connectivity index (χ2v) is 5.72. The first kappa shape index (κ1) is 13.1. The fraction of sp³-hybridized carbons (Fsp3) is 0.357. The Balaban J connectivity index is 2.06. The van der Waals surface area contributed by atoms with Crippen LogP contribution in [-0.2, 0) is 6.54 Å². The second-order valence-electron chi connectivity index (χ2n) is 4.68. The fourth-order valence-corrected chi connectivity index (χ4v) is 2.53. The van der Waals surface area contributed by atoms with Gasteiger partial charge < -0.3 is 10.6 Å². The molecule has 0 saturated carbocycles. The number of hydrogen-bond acceptors (Lipinski definition) is 4. The molecule has 0 amide bonds. The van der Waals surface area contributed by atoms with Crippen LogP contribution in [0.25, 0.3) is 0 Å². The van der Waals surface area contributed by atoms with Crippen LogP contribution >= 0.6 is 11.3 Å². The Morgan fingerprint density at radius 1 is 1.33 bits per heavy atom. The lowest BCUT2D eigenvalue weighted by molar-refractivity contribution is 0.835. The highest BCUT2D eigenvalue weighted by atomic mass is 32.1. The van der Waals surface area contributed by atoms with Crippen molar-refractivity contribution >= 4 is 16.5 Å². The lowest BCUT2D eigenvalue weighted by Crippen LogP contribution is -2.15. The number of aryl methyl sites for hydroxylation is 1. The third kappa shape index (κ3) is 3.09. The number of anilines is 1. The maximum absolute atomic E-state index is 5.85. The third-order valence-electron chi connectivity index (χ3n) is 2.83. The van der Waals surface area contributed by atoms with Crippen LogP contribution < -0.4 is 10.6 Å². The van der Waals surface area contributed by atoms with Crippen molar-refractivity contribution in [2.24, 2.45) is 5.73 Å². The lowest BCUT2D eigenvalue weighted by atomic mass is 10.1. The van der Waals surface area contributed by atoms with E-state index in [1.54, 1.807) is 11.3 Å². The van der Waals surface area contributed by atoms with Gasteiger partial charge in [0.15, 0.2) is 5.13 Å². The summed E-state index contributed by atoms with van der Waals surface area (Å²) in [6.07, 6.45) is 1.87. The average Bonchev–Trinajstić information content (AvgIpc) is 2.81. The number of rotatable bonds is 4. The first-order valence-electron chi connectivity index (χ1n) is 6.04. The number of nitrogens with two attached hydrogens (primary N) is 1. The molecule has 0 saturated heterocycles. The Bertz CT molecular complexity index is 502. The zero-order chi connectivity index (χ0) is 13.1. The summed E-state index contributed by atoms with van der Waals surface area (Å²) in [6, 6.07) is 8.65. The minimum absolute atomic E-state index is 0.0593. The van der Waals surface area contributed by atoms with Gasteiger partial charge in [-0.15, -0.1) is 11.3 Å². The van der Waals surface area contributed by atoms with Crippen LogP contribution in [0.3, 0.4) is 0 Å². The molecule has 96 valence electrons. The van der Waals surface area contributed by atoms with Gasteiger partial charge in [0.2, 0.25) is 0 Å². The van der Waals surface area contributed by atoms with Crippen molar-refractivity contribution in [1.82, 2.24) is 4.98 Å². The van der Waals surface area contributed by atoms with Gasteiger partial charge in [0, 0.05) is 30.7 Å². The maximum Gasteiger partial charge on any atom is 0.185 e. The highest BCUT2D eigenvalue weighted by Crippen LogP contribution is 2.26. The van der Waals surface area contributed by atoms with Crippen LogP contribution in [0, 0.1) is 6.92 Å².